The average molecular weight is 817 g/mol. The first-order valence-electron chi connectivity index (χ1n) is 27.7. The monoisotopic (exact) mass is 817 g/mol. The minimum atomic E-state index is -0.00960. The van der Waals surface area contributed by atoms with Crippen LogP contribution in [0.15, 0.2) is 0 Å². The summed E-state index contributed by atoms with van der Waals surface area (Å²) in [7, 11) is 0. The molecule has 0 spiro atoms. The van der Waals surface area contributed by atoms with E-state index < -0.39 is 0 Å². The van der Waals surface area contributed by atoms with E-state index >= 15 is 0 Å². The zero-order chi connectivity index (χ0) is 40.3. The number of aliphatic hydroxyl groups is 2. The van der Waals surface area contributed by atoms with Gasteiger partial charge in [-0.15, -0.1) is 0 Å². The van der Waals surface area contributed by atoms with Crippen LogP contribution in [0.4, 0.5) is 0 Å². The van der Waals surface area contributed by atoms with Gasteiger partial charge in [-0.25, -0.2) is 0 Å². The van der Waals surface area contributed by atoms with Crippen LogP contribution in [0.25, 0.3) is 0 Å². The van der Waals surface area contributed by atoms with Crippen molar-refractivity contribution in [3.8, 4) is 0 Å². The molecule has 0 aromatic carbocycles. The number of aliphatic hydroxyl groups excluding tert-OH is 2. The molecule has 9 saturated carbocycles. The number of rotatable bonds is 12. The molecule has 0 saturated heterocycles. The van der Waals surface area contributed by atoms with E-state index in [-0.39, 0.29) is 12.2 Å². The molecule has 9 fully saturated rings. The molecule has 0 radical (unpaired) electrons. The normalized spacial score (nSPS) is 44.0. The summed E-state index contributed by atoms with van der Waals surface area (Å²) in [5, 5.41) is 20.2. The summed E-state index contributed by atoms with van der Waals surface area (Å²) < 4.78 is 0. The Labute approximate surface area is 365 Å². The largest absolute Gasteiger partial charge is 0.393 e. The van der Waals surface area contributed by atoms with Gasteiger partial charge >= 0.3 is 0 Å². The summed E-state index contributed by atoms with van der Waals surface area (Å²) in [6, 6.07) is 5.11. The van der Waals surface area contributed by atoms with Crippen LogP contribution in [0.5, 0.6) is 0 Å². The molecule has 0 aliphatic heterocycles. The Morgan fingerprint density at radius 1 is 0.339 bits per heavy atom. The average Bonchev–Trinajstić information content (AvgIpc) is 3.49. The van der Waals surface area contributed by atoms with Crippen LogP contribution in [0.3, 0.4) is 0 Å². The van der Waals surface area contributed by atoms with Gasteiger partial charge in [0.25, 0.3) is 0 Å². The van der Waals surface area contributed by atoms with Gasteiger partial charge < -0.3 is 10.2 Å². The number of hydrogen-bond donors (Lipinski definition) is 2. The van der Waals surface area contributed by atoms with Crippen LogP contribution in [-0.2, 0) is 0 Å². The Kier molecular flexibility index (Phi) is 15.2. The highest BCUT2D eigenvalue weighted by Crippen LogP contribution is 2.64. The third-order valence-corrected chi connectivity index (χ3v) is 21.0. The van der Waals surface area contributed by atoms with Gasteiger partial charge in [0.1, 0.15) is 0 Å². The standard InChI is InChI=1S/C55H96N2O2/c1-55(2)53-37-47(56(43-13-5-3-6-14-43)45-17-9-11-41(35-45)21-19-39-23-29-49(58)30-24-39)27-33-51(53)52-34-28-48(38-54(52)55)57(44-15-7-4-8-16-44)46-18-10-12-42(36-46)22-20-40-25-31-50(59)32-26-40/h39-54,58-59H,3-38H2,1-2H3. The predicted octanol–water partition coefficient (Wildman–Crippen LogP) is 13.6. The van der Waals surface area contributed by atoms with Gasteiger partial charge in [-0.05, 0) is 194 Å². The van der Waals surface area contributed by atoms with Crippen LogP contribution in [0.2, 0.25) is 0 Å². The van der Waals surface area contributed by atoms with E-state index in [4.69, 9.17) is 0 Å². The van der Waals surface area contributed by atoms with Crippen LogP contribution >= 0.6 is 0 Å². The number of nitrogens with zero attached hydrogens (tertiary/aromatic N) is 2. The van der Waals surface area contributed by atoms with Crippen molar-refractivity contribution in [2.45, 2.75) is 293 Å². The molecule has 0 heterocycles. The maximum atomic E-state index is 10.1. The van der Waals surface area contributed by atoms with Crippen molar-refractivity contribution in [1.82, 2.24) is 9.80 Å². The van der Waals surface area contributed by atoms with Crippen molar-refractivity contribution in [3.63, 3.8) is 0 Å². The van der Waals surface area contributed by atoms with E-state index in [1.54, 1.807) is 0 Å². The van der Waals surface area contributed by atoms with E-state index in [0.717, 1.165) is 109 Å². The van der Waals surface area contributed by atoms with Crippen LogP contribution in [0.1, 0.15) is 245 Å². The Morgan fingerprint density at radius 2 is 0.695 bits per heavy atom. The summed E-state index contributed by atoms with van der Waals surface area (Å²) in [4.78, 5) is 6.64. The third kappa shape index (κ3) is 10.4. The van der Waals surface area contributed by atoms with Crippen molar-refractivity contribution in [2.75, 3.05) is 0 Å². The molecule has 0 bridgehead atoms. The lowest BCUT2D eigenvalue weighted by atomic mass is 9.66. The van der Waals surface area contributed by atoms with Crippen molar-refractivity contribution in [1.29, 1.82) is 0 Å². The van der Waals surface area contributed by atoms with Crippen LogP contribution in [0, 0.1) is 52.8 Å². The van der Waals surface area contributed by atoms with E-state index in [1.165, 1.54) is 205 Å². The lowest BCUT2D eigenvalue weighted by Crippen LogP contribution is -2.54. The SMILES string of the molecule is CC1(C)C2CC(N(C3CCCCC3)C3CCCC(CCC4CCC(O)CC4)C3)CCC2C2CCC(N(C3CCCCC3)C3CCCC(CCC4CCC(O)CC4)C3)CC21. The smallest absolute Gasteiger partial charge is 0.0540 e. The Hall–Kier alpha value is -0.160. The topological polar surface area (TPSA) is 46.9 Å². The van der Waals surface area contributed by atoms with E-state index in [1.807, 2.05) is 0 Å². The van der Waals surface area contributed by atoms with E-state index in [9.17, 15) is 10.2 Å². The quantitative estimate of drug-likeness (QED) is 0.206. The molecule has 9 aliphatic carbocycles. The van der Waals surface area contributed by atoms with Crippen LogP contribution < -0.4 is 0 Å². The molecule has 9 rings (SSSR count). The molecule has 4 nitrogen and oxygen atoms in total. The minimum absolute atomic E-state index is 0.00960. The zero-order valence-corrected chi connectivity index (χ0v) is 39.0. The van der Waals surface area contributed by atoms with Gasteiger partial charge in [-0.1, -0.05) is 104 Å². The molecule has 0 aromatic rings. The molecule has 10 unspecified atom stereocenters. The predicted molar refractivity (Wildman–Crippen MR) is 246 cm³/mol. The van der Waals surface area contributed by atoms with Crippen molar-refractivity contribution >= 4 is 0 Å². The Bertz CT molecular complexity index is 1160. The van der Waals surface area contributed by atoms with Gasteiger partial charge in [0.15, 0.2) is 0 Å². The molecule has 0 aromatic heterocycles. The van der Waals surface area contributed by atoms with Gasteiger partial charge in [-0.2, -0.15) is 0 Å². The molecular weight excluding hydrogens is 721 g/mol. The van der Waals surface area contributed by atoms with E-state index in [2.05, 4.69) is 23.6 Å². The molecule has 4 heteroatoms. The lowest BCUT2D eigenvalue weighted by molar-refractivity contribution is -0.0216. The van der Waals surface area contributed by atoms with Gasteiger partial charge in [-0.3, -0.25) is 9.80 Å². The first-order chi connectivity index (χ1) is 28.8. The maximum Gasteiger partial charge on any atom is 0.0540 e. The summed E-state index contributed by atoms with van der Waals surface area (Å²) >= 11 is 0. The summed E-state index contributed by atoms with van der Waals surface area (Å²) in [6.45, 7) is 5.63. The van der Waals surface area contributed by atoms with Gasteiger partial charge in [0.05, 0.1) is 12.2 Å². The summed E-state index contributed by atoms with van der Waals surface area (Å²) in [5.41, 5.74) is 0.481. The van der Waals surface area contributed by atoms with Crippen molar-refractivity contribution in [3.05, 3.63) is 0 Å². The van der Waals surface area contributed by atoms with Crippen molar-refractivity contribution in [2.24, 2.45) is 52.8 Å². The lowest BCUT2D eigenvalue weighted by Gasteiger charge is -2.51. The fourth-order valence-corrected chi connectivity index (χ4v) is 17.8. The summed E-state index contributed by atoms with van der Waals surface area (Å²) in [5.74, 6) is 7.54. The number of fused-ring (bicyclic) bond motifs is 3. The number of hydrogen-bond acceptors (Lipinski definition) is 4. The Balaban J connectivity index is 0.862. The highest BCUT2D eigenvalue weighted by atomic mass is 16.3. The molecule has 338 valence electrons. The van der Waals surface area contributed by atoms with Crippen molar-refractivity contribution < 1.29 is 10.2 Å². The molecule has 2 N–H and O–H groups in total. The fraction of sp³-hybridized carbons (Fsp3) is 1.00. The fourth-order valence-electron chi connectivity index (χ4n) is 17.8. The van der Waals surface area contributed by atoms with Gasteiger partial charge in [0, 0.05) is 36.3 Å². The molecule has 59 heavy (non-hydrogen) atoms. The molecule has 9 aliphatic rings. The summed E-state index contributed by atoms with van der Waals surface area (Å²) in [6.07, 6.45) is 50.9. The second-order valence-electron chi connectivity index (χ2n) is 24.7. The highest BCUT2D eigenvalue weighted by molar-refractivity contribution is 5.10. The van der Waals surface area contributed by atoms with Gasteiger partial charge in [0.2, 0.25) is 0 Å². The second-order valence-corrected chi connectivity index (χ2v) is 24.7. The second kappa shape index (κ2) is 20.3. The minimum Gasteiger partial charge on any atom is -0.393 e. The maximum absolute atomic E-state index is 10.1. The third-order valence-electron chi connectivity index (χ3n) is 21.0. The Morgan fingerprint density at radius 3 is 1.10 bits per heavy atom. The first kappa shape index (κ1) is 44.1. The molecule has 10 atom stereocenters. The molecular formula is C55H96N2O2. The highest BCUT2D eigenvalue weighted by Gasteiger charge is 2.59. The van der Waals surface area contributed by atoms with Crippen LogP contribution in [-0.4, -0.2) is 68.5 Å². The first-order valence-corrected chi connectivity index (χ1v) is 27.7. The molecule has 0 amide bonds. The zero-order valence-electron chi connectivity index (χ0n) is 39.0. The van der Waals surface area contributed by atoms with E-state index in [0.29, 0.717) is 5.41 Å².